The van der Waals surface area contributed by atoms with Crippen molar-refractivity contribution in [3.8, 4) is 5.75 Å². The summed E-state index contributed by atoms with van der Waals surface area (Å²) in [5, 5.41) is 3.21. The van der Waals surface area contributed by atoms with E-state index in [2.05, 4.69) is 33.0 Å². The molecule has 0 bridgehead atoms. The third-order valence-corrected chi connectivity index (χ3v) is 4.61. The van der Waals surface area contributed by atoms with Gasteiger partial charge in [-0.3, -0.25) is 4.79 Å². The van der Waals surface area contributed by atoms with Crippen molar-refractivity contribution in [1.29, 1.82) is 0 Å². The van der Waals surface area contributed by atoms with Crippen LogP contribution >= 0.6 is 0 Å². The summed E-state index contributed by atoms with van der Waals surface area (Å²) in [7, 11) is 0. The van der Waals surface area contributed by atoms with E-state index in [1.807, 2.05) is 24.3 Å². The molecule has 0 heterocycles. The van der Waals surface area contributed by atoms with E-state index in [0.717, 1.165) is 38.0 Å². The van der Waals surface area contributed by atoms with Gasteiger partial charge in [0, 0.05) is 11.6 Å². The molecule has 2 atom stereocenters. The van der Waals surface area contributed by atoms with Crippen LogP contribution in [0.25, 0.3) is 0 Å². The Morgan fingerprint density at radius 3 is 2.57 bits per heavy atom. The smallest absolute Gasteiger partial charge is 0.251 e. The topological polar surface area (TPSA) is 38.3 Å². The summed E-state index contributed by atoms with van der Waals surface area (Å²) >= 11 is 0. The Balaban J connectivity index is 1.90. The average molecular weight is 317 g/mol. The molecule has 23 heavy (non-hydrogen) atoms. The van der Waals surface area contributed by atoms with Crippen LogP contribution in [0.1, 0.15) is 70.2 Å². The minimum Gasteiger partial charge on any atom is -0.494 e. The first-order valence-corrected chi connectivity index (χ1v) is 8.93. The summed E-state index contributed by atoms with van der Waals surface area (Å²) in [5.74, 6) is 1.53. The van der Waals surface area contributed by atoms with Crippen LogP contribution < -0.4 is 10.1 Å². The zero-order chi connectivity index (χ0) is 16.9. The van der Waals surface area contributed by atoms with Gasteiger partial charge in [-0.15, -0.1) is 0 Å². The average Bonchev–Trinajstić information content (AvgIpc) is 2.46. The maximum absolute atomic E-state index is 12.5. The SMILES string of the molecule is CCCCOc1ccc(C(=O)N[C@H]2C[C@@H](C)CC(C)(C)C2)cc1. The highest BCUT2D eigenvalue weighted by Gasteiger charge is 2.32. The minimum atomic E-state index is 0.0278. The van der Waals surface area contributed by atoms with E-state index in [-0.39, 0.29) is 11.9 Å². The van der Waals surface area contributed by atoms with Crippen molar-refractivity contribution in [1.82, 2.24) is 5.32 Å². The Bertz CT molecular complexity index is 507. The Labute approximate surface area is 140 Å². The summed E-state index contributed by atoms with van der Waals surface area (Å²) in [6.45, 7) is 9.75. The molecule has 1 aromatic rings. The fraction of sp³-hybridized carbons (Fsp3) is 0.650. The third kappa shape index (κ3) is 5.56. The van der Waals surface area contributed by atoms with Gasteiger partial charge in [0.2, 0.25) is 0 Å². The van der Waals surface area contributed by atoms with E-state index in [1.54, 1.807) is 0 Å². The number of ether oxygens (including phenoxy) is 1. The third-order valence-electron chi connectivity index (χ3n) is 4.61. The second-order valence-corrected chi connectivity index (χ2v) is 7.81. The van der Waals surface area contributed by atoms with Crippen molar-refractivity contribution in [2.45, 2.75) is 65.8 Å². The second kappa shape index (κ2) is 7.85. The molecule has 1 amide bonds. The molecule has 2 rings (SSSR count). The lowest BCUT2D eigenvalue weighted by Crippen LogP contribution is -2.42. The maximum Gasteiger partial charge on any atom is 0.251 e. The molecule has 128 valence electrons. The van der Waals surface area contributed by atoms with E-state index in [0.29, 0.717) is 16.9 Å². The fourth-order valence-electron chi connectivity index (χ4n) is 3.76. The van der Waals surface area contributed by atoms with Crippen LogP contribution in [0.15, 0.2) is 24.3 Å². The first kappa shape index (κ1) is 17.8. The standard InChI is InChI=1S/C20H31NO2/c1-5-6-11-23-18-9-7-16(8-10-18)19(22)21-17-12-15(2)13-20(3,4)14-17/h7-10,15,17H,5-6,11-14H2,1-4H3,(H,21,22)/t15-,17+/m1/s1. The monoisotopic (exact) mass is 317 g/mol. The van der Waals surface area contributed by atoms with Crippen LogP contribution in [0.4, 0.5) is 0 Å². The van der Waals surface area contributed by atoms with Crippen LogP contribution in [0.5, 0.6) is 5.75 Å². The summed E-state index contributed by atoms with van der Waals surface area (Å²) in [5.41, 5.74) is 1.02. The van der Waals surface area contributed by atoms with Gasteiger partial charge in [-0.25, -0.2) is 0 Å². The molecular weight excluding hydrogens is 286 g/mol. The van der Waals surface area contributed by atoms with E-state index >= 15 is 0 Å². The lowest BCUT2D eigenvalue weighted by molar-refractivity contribution is 0.0874. The molecule has 0 unspecified atom stereocenters. The molecule has 0 radical (unpaired) electrons. The van der Waals surface area contributed by atoms with Gasteiger partial charge in [-0.1, -0.05) is 34.1 Å². The van der Waals surface area contributed by atoms with Crippen LogP contribution in [0.2, 0.25) is 0 Å². The maximum atomic E-state index is 12.5. The number of carbonyl (C=O) groups excluding carboxylic acids is 1. The van der Waals surface area contributed by atoms with Gasteiger partial charge in [-0.05, 0) is 61.3 Å². The van der Waals surface area contributed by atoms with Gasteiger partial charge in [0.25, 0.3) is 5.91 Å². The molecule has 3 nitrogen and oxygen atoms in total. The number of rotatable bonds is 6. The highest BCUT2D eigenvalue weighted by molar-refractivity contribution is 5.94. The predicted molar refractivity (Wildman–Crippen MR) is 94.9 cm³/mol. The summed E-state index contributed by atoms with van der Waals surface area (Å²) in [6.07, 6.45) is 5.55. The van der Waals surface area contributed by atoms with Crippen molar-refractivity contribution < 1.29 is 9.53 Å². The van der Waals surface area contributed by atoms with E-state index in [9.17, 15) is 4.79 Å². The van der Waals surface area contributed by atoms with Crippen molar-refractivity contribution in [3.63, 3.8) is 0 Å². The molecule has 1 saturated carbocycles. The summed E-state index contributed by atoms with van der Waals surface area (Å²) in [6, 6.07) is 7.76. The lowest BCUT2D eigenvalue weighted by atomic mass is 9.70. The molecule has 1 aromatic carbocycles. The second-order valence-electron chi connectivity index (χ2n) is 7.81. The van der Waals surface area contributed by atoms with Gasteiger partial charge in [0.1, 0.15) is 5.75 Å². The zero-order valence-corrected chi connectivity index (χ0v) is 15.0. The van der Waals surface area contributed by atoms with Gasteiger partial charge in [-0.2, -0.15) is 0 Å². The summed E-state index contributed by atoms with van der Waals surface area (Å²) < 4.78 is 5.64. The number of benzene rings is 1. The number of hydrogen-bond acceptors (Lipinski definition) is 2. The molecule has 1 aliphatic carbocycles. The Morgan fingerprint density at radius 1 is 1.26 bits per heavy atom. The summed E-state index contributed by atoms with van der Waals surface area (Å²) in [4.78, 5) is 12.5. The van der Waals surface area contributed by atoms with Crippen molar-refractivity contribution in [3.05, 3.63) is 29.8 Å². The Kier molecular flexibility index (Phi) is 6.09. The molecule has 0 spiro atoms. The fourth-order valence-corrected chi connectivity index (χ4v) is 3.76. The molecule has 0 aliphatic heterocycles. The van der Waals surface area contributed by atoms with Crippen molar-refractivity contribution in [2.24, 2.45) is 11.3 Å². The first-order valence-electron chi connectivity index (χ1n) is 8.93. The van der Waals surface area contributed by atoms with Gasteiger partial charge >= 0.3 is 0 Å². The van der Waals surface area contributed by atoms with Gasteiger partial charge in [0.05, 0.1) is 6.61 Å². The van der Waals surface area contributed by atoms with Crippen molar-refractivity contribution in [2.75, 3.05) is 6.61 Å². The van der Waals surface area contributed by atoms with Crippen LogP contribution in [-0.2, 0) is 0 Å². The number of nitrogens with one attached hydrogen (secondary N) is 1. The Morgan fingerprint density at radius 2 is 1.96 bits per heavy atom. The normalized spacial score (nSPS) is 23.3. The highest BCUT2D eigenvalue weighted by atomic mass is 16.5. The molecule has 1 aliphatic rings. The van der Waals surface area contributed by atoms with Gasteiger partial charge in [0.15, 0.2) is 0 Å². The zero-order valence-electron chi connectivity index (χ0n) is 15.0. The molecule has 1 fully saturated rings. The number of amides is 1. The van der Waals surface area contributed by atoms with Crippen LogP contribution in [0.3, 0.4) is 0 Å². The minimum absolute atomic E-state index is 0.0278. The van der Waals surface area contributed by atoms with Gasteiger partial charge < -0.3 is 10.1 Å². The number of carbonyl (C=O) groups is 1. The van der Waals surface area contributed by atoms with E-state index in [1.165, 1.54) is 6.42 Å². The molecule has 1 N–H and O–H groups in total. The van der Waals surface area contributed by atoms with E-state index in [4.69, 9.17) is 4.74 Å². The Hall–Kier alpha value is -1.51. The lowest BCUT2D eigenvalue weighted by Gasteiger charge is -2.39. The quantitative estimate of drug-likeness (QED) is 0.765. The largest absolute Gasteiger partial charge is 0.494 e. The number of hydrogen-bond donors (Lipinski definition) is 1. The highest BCUT2D eigenvalue weighted by Crippen LogP contribution is 2.38. The van der Waals surface area contributed by atoms with Crippen molar-refractivity contribution >= 4 is 5.91 Å². The molecular formula is C20H31NO2. The molecule has 0 aromatic heterocycles. The molecule has 0 saturated heterocycles. The number of unbranched alkanes of at least 4 members (excludes halogenated alkanes) is 1. The van der Waals surface area contributed by atoms with Crippen LogP contribution in [-0.4, -0.2) is 18.6 Å². The van der Waals surface area contributed by atoms with Crippen LogP contribution in [0, 0.1) is 11.3 Å². The van der Waals surface area contributed by atoms with E-state index < -0.39 is 0 Å². The first-order chi connectivity index (χ1) is 10.9. The molecule has 3 heteroatoms. The predicted octanol–water partition coefficient (Wildman–Crippen LogP) is 4.81.